The molecular formula is C10H15ClN4O. The number of rotatable bonds is 3. The molecule has 1 saturated carbocycles. The first-order chi connectivity index (χ1) is 7.67. The van der Waals surface area contributed by atoms with Crippen LogP contribution in [0.3, 0.4) is 0 Å². The van der Waals surface area contributed by atoms with Crippen molar-refractivity contribution in [3.05, 3.63) is 11.5 Å². The van der Waals surface area contributed by atoms with Gasteiger partial charge in [-0.15, -0.1) is 0 Å². The molecule has 0 bridgehead atoms. The number of nitrogen functional groups attached to an aromatic ring is 1. The van der Waals surface area contributed by atoms with Crippen LogP contribution in [0, 0.1) is 0 Å². The maximum Gasteiger partial charge on any atom is 0.157 e. The summed E-state index contributed by atoms with van der Waals surface area (Å²) >= 11 is 5.81. The molecule has 16 heavy (non-hydrogen) atoms. The zero-order valence-corrected chi connectivity index (χ0v) is 9.67. The van der Waals surface area contributed by atoms with Crippen LogP contribution in [0.1, 0.15) is 25.7 Å². The summed E-state index contributed by atoms with van der Waals surface area (Å²) in [5.74, 6) is 0.510. The third-order valence-corrected chi connectivity index (χ3v) is 3.38. The van der Waals surface area contributed by atoms with Crippen LogP contribution < -0.4 is 11.1 Å². The Hall–Kier alpha value is -1.07. The summed E-state index contributed by atoms with van der Waals surface area (Å²) in [6.45, 7) is 0.0774. The molecule has 0 amide bonds. The molecule has 0 unspecified atom stereocenters. The second-order valence-electron chi connectivity index (χ2n) is 4.20. The molecule has 1 heterocycles. The first kappa shape index (κ1) is 11.4. The van der Waals surface area contributed by atoms with E-state index >= 15 is 0 Å². The highest BCUT2D eigenvalue weighted by Gasteiger charge is 2.33. The van der Waals surface area contributed by atoms with Crippen molar-refractivity contribution in [1.29, 1.82) is 0 Å². The van der Waals surface area contributed by atoms with Crippen molar-refractivity contribution in [2.45, 2.75) is 31.2 Å². The van der Waals surface area contributed by atoms with Gasteiger partial charge in [0.05, 0.1) is 12.1 Å². The molecule has 88 valence electrons. The summed E-state index contributed by atoms with van der Waals surface area (Å²) in [4.78, 5) is 7.84. The van der Waals surface area contributed by atoms with Crippen molar-refractivity contribution in [3.63, 3.8) is 0 Å². The number of nitrogens with two attached hydrogens (primary N) is 1. The lowest BCUT2D eigenvalue weighted by Crippen LogP contribution is -2.39. The molecule has 6 heteroatoms. The second-order valence-corrected chi connectivity index (χ2v) is 4.56. The lowest BCUT2D eigenvalue weighted by Gasteiger charge is -2.29. The molecule has 0 atom stereocenters. The quantitative estimate of drug-likeness (QED) is 0.699. The molecule has 0 spiro atoms. The van der Waals surface area contributed by atoms with Crippen LogP contribution in [0.2, 0.25) is 5.15 Å². The van der Waals surface area contributed by atoms with Crippen molar-refractivity contribution in [1.82, 2.24) is 9.97 Å². The van der Waals surface area contributed by atoms with Crippen molar-refractivity contribution in [3.8, 4) is 0 Å². The summed E-state index contributed by atoms with van der Waals surface area (Å²) in [6, 6.07) is 0. The van der Waals surface area contributed by atoms with Gasteiger partial charge in [-0.05, 0) is 12.8 Å². The van der Waals surface area contributed by atoms with Gasteiger partial charge in [0.2, 0.25) is 0 Å². The third-order valence-electron chi connectivity index (χ3n) is 3.08. The molecule has 0 aliphatic heterocycles. The van der Waals surface area contributed by atoms with E-state index in [0.29, 0.717) is 11.5 Å². The number of hydrogen-bond acceptors (Lipinski definition) is 5. The summed E-state index contributed by atoms with van der Waals surface area (Å²) in [5, 5.41) is 12.9. The number of hydrogen-bond donors (Lipinski definition) is 3. The van der Waals surface area contributed by atoms with E-state index in [9.17, 15) is 5.11 Å². The number of halogens is 1. The van der Waals surface area contributed by atoms with Crippen LogP contribution in [0.5, 0.6) is 0 Å². The van der Waals surface area contributed by atoms with E-state index in [2.05, 4.69) is 15.3 Å². The Morgan fingerprint density at radius 1 is 1.44 bits per heavy atom. The topological polar surface area (TPSA) is 84.1 Å². The molecule has 5 nitrogen and oxygen atoms in total. The average Bonchev–Trinajstić information content (AvgIpc) is 2.74. The van der Waals surface area contributed by atoms with Crippen molar-refractivity contribution in [2.24, 2.45) is 0 Å². The first-order valence-electron chi connectivity index (χ1n) is 5.32. The van der Waals surface area contributed by atoms with Crippen LogP contribution in [0.15, 0.2) is 6.33 Å². The first-order valence-corrected chi connectivity index (χ1v) is 5.70. The Bertz CT molecular complexity index is 379. The number of aromatic nitrogens is 2. The minimum Gasteiger partial charge on any atom is -0.394 e. The van der Waals surface area contributed by atoms with Gasteiger partial charge in [0, 0.05) is 0 Å². The summed E-state index contributed by atoms with van der Waals surface area (Å²) < 4.78 is 0. The van der Waals surface area contributed by atoms with Crippen molar-refractivity contribution >= 4 is 23.1 Å². The SMILES string of the molecule is Nc1c(Cl)ncnc1NC1(CO)CCCC1. The second kappa shape index (κ2) is 4.43. The smallest absolute Gasteiger partial charge is 0.157 e. The Labute approximate surface area is 99.0 Å². The normalized spacial score (nSPS) is 18.6. The number of aliphatic hydroxyl groups is 1. The van der Waals surface area contributed by atoms with Gasteiger partial charge in [0.15, 0.2) is 11.0 Å². The maximum atomic E-state index is 9.46. The molecular weight excluding hydrogens is 228 g/mol. The predicted molar refractivity (Wildman–Crippen MR) is 63.4 cm³/mol. The Morgan fingerprint density at radius 2 is 2.12 bits per heavy atom. The minimum atomic E-state index is -0.300. The van der Waals surface area contributed by atoms with Gasteiger partial charge >= 0.3 is 0 Å². The Balaban J connectivity index is 2.22. The van der Waals surface area contributed by atoms with Crippen LogP contribution in [0.4, 0.5) is 11.5 Å². The molecule has 1 fully saturated rings. The molecule has 4 N–H and O–H groups in total. The zero-order chi connectivity index (χ0) is 11.6. The fourth-order valence-electron chi connectivity index (χ4n) is 2.10. The lowest BCUT2D eigenvalue weighted by atomic mass is 9.99. The van der Waals surface area contributed by atoms with Gasteiger partial charge in [0.25, 0.3) is 0 Å². The number of nitrogens with zero attached hydrogens (tertiary/aromatic N) is 2. The molecule has 1 aromatic heterocycles. The molecule has 1 aromatic rings. The largest absolute Gasteiger partial charge is 0.394 e. The molecule has 2 rings (SSSR count). The van der Waals surface area contributed by atoms with E-state index in [4.69, 9.17) is 17.3 Å². The average molecular weight is 243 g/mol. The maximum absolute atomic E-state index is 9.46. The highest BCUT2D eigenvalue weighted by Crippen LogP contribution is 2.34. The number of aliphatic hydroxyl groups excluding tert-OH is 1. The minimum absolute atomic E-state index is 0.0774. The van der Waals surface area contributed by atoms with Gasteiger partial charge in [-0.2, -0.15) is 0 Å². The third kappa shape index (κ3) is 2.05. The highest BCUT2D eigenvalue weighted by molar-refractivity contribution is 6.32. The van der Waals surface area contributed by atoms with E-state index in [1.807, 2.05) is 0 Å². The van der Waals surface area contributed by atoms with Crippen molar-refractivity contribution < 1.29 is 5.11 Å². The fourth-order valence-corrected chi connectivity index (χ4v) is 2.23. The standard InChI is InChI=1S/C10H15ClN4O/c11-8-7(12)9(14-6-13-8)15-10(5-16)3-1-2-4-10/h6,16H,1-5,12H2,(H,13,14,15). The van der Waals surface area contributed by atoms with E-state index < -0.39 is 0 Å². The molecule has 1 aliphatic carbocycles. The lowest BCUT2D eigenvalue weighted by molar-refractivity contribution is 0.214. The van der Waals surface area contributed by atoms with E-state index in [-0.39, 0.29) is 17.3 Å². The number of anilines is 2. The number of nitrogens with one attached hydrogen (secondary N) is 1. The van der Waals surface area contributed by atoms with E-state index in [0.717, 1.165) is 25.7 Å². The van der Waals surface area contributed by atoms with Gasteiger partial charge in [-0.25, -0.2) is 9.97 Å². The molecule has 1 aliphatic rings. The highest BCUT2D eigenvalue weighted by atomic mass is 35.5. The summed E-state index contributed by atoms with van der Waals surface area (Å²) in [7, 11) is 0. The van der Waals surface area contributed by atoms with Crippen LogP contribution in [0.25, 0.3) is 0 Å². The van der Waals surface area contributed by atoms with Crippen LogP contribution in [-0.4, -0.2) is 27.2 Å². The van der Waals surface area contributed by atoms with Crippen LogP contribution in [-0.2, 0) is 0 Å². The van der Waals surface area contributed by atoms with Gasteiger partial charge in [-0.1, -0.05) is 24.4 Å². The fraction of sp³-hybridized carbons (Fsp3) is 0.600. The Morgan fingerprint density at radius 3 is 2.75 bits per heavy atom. The van der Waals surface area contributed by atoms with E-state index in [1.54, 1.807) is 0 Å². The zero-order valence-electron chi connectivity index (χ0n) is 8.91. The molecule has 0 saturated heterocycles. The summed E-state index contributed by atoms with van der Waals surface area (Å²) in [6.07, 6.45) is 5.41. The predicted octanol–water partition coefficient (Wildman–Crippen LogP) is 1.43. The molecule has 0 radical (unpaired) electrons. The molecule has 0 aromatic carbocycles. The van der Waals surface area contributed by atoms with Gasteiger partial charge in [0.1, 0.15) is 12.0 Å². The van der Waals surface area contributed by atoms with Crippen LogP contribution >= 0.6 is 11.6 Å². The van der Waals surface area contributed by atoms with E-state index in [1.165, 1.54) is 6.33 Å². The van der Waals surface area contributed by atoms with Gasteiger partial charge < -0.3 is 16.2 Å². The van der Waals surface area contributed by atoms with Crippen molar-refractivity contribution in [2.75, 3.05) is 17.7 Å². The van der Waals surface area contributed by atoms with Gasteiger partial charge in [-0.3, -0.25) is 0 Å². The monoisotopic (exact) mass is 242 g/mol. The summed E-state index contributed by atoms with van der Waals surface area (Å²) in [5.41, 5.74) is 5.81. The Kier molecular flexibility index (Phi) is 3.16.